The molecule has 0 aromatic heterocycles. The molecule has 1 saturated heterocycles. The van der Waals surface area contributed by atoms with Crippen LogP contribution in [0.4, 0.5) is 4.79 Å². The largest absolute Gasteiger partial charge is 0.351 e. The summed E-state index contributed by atoms with van der Waals surface area (Å²) < 4.78 is 0. The summed E-state index contributed by atoms with van der Waals surface area (Å²) >= 11 is 6.72. The second-order valence-electron chi connectivity index (χ2n) is 9.59. The van der Waals surface area contributed by atoms with Crippen molar-refractivity contribution in [1.82, 2.24) is 10.2 Å². The van der Waals surface area contributed by atoms with Gasteiger partial charge in [-0.25, -0.2) is 0 Å². The molecule has 0 spiro atoms. The first-order valence-electron chi connectivity index (χ1n) is 11.1. The maximum Gasteiger partial charge on any atom is 0.291 e. The molecule has 0 radical (unpaired) electrons. The summed E-state index contributed by atoms with van der Waals surface area (Å²) in [5.41, 5.74) is 1.10. The van der Waals surface area contributed by atoms with Crippen molar-refractivity contribution in [2.24, 2.45) is 17.8 Å². The number of rotatable bonds is 6. The van der Waals surface area contributed by atoms with E-state index < -0.39 is 0 Å². The molecule has 4 aliphatic carbocycles. The Balaban J connectivity index is 1.13. The predicted molar refractivity (Wildman–Crippen MR) is 125 cm³/mol. The zero-order valence-corrected chi connectivity index (χ0v) is 18.8. The van der Waals surface area contributed by atoms with Gasteiger partial charge in [-0.1, -0.05) is 42.5 Å². The Morgan fingerprint density at radius 1 is 1.13 bits per heavy atom. The van der Waals surface area contributed by atoms with Crippen LogP contribution in [-0.2, 0) is 4.79 Å². The number of nitrogens with one attached hydrogen (secondary N) is 1. The first-order chi connectivity index (χ1) is 14.5. The van der Waals surface area contributed by atoms with Gasteiger partial charge < -0.3 is 5.32 Å². The molecule has 4 saturated carbocycles. The number of benzene rings is 1. The minimum absolute atomic E-state index is 0.0383. The monoisotopic (exact) mass is 440 g/mol. The Bertz CT molecular complexity index is 860. The van der Waals surface area contributed by atoms with Gasteiger partial charge in [0.2, 0.25) is 5.91 Å². The summed E-state index contributed by atoms with van der Waals surface area (Å²) in [5, 5.41) is 3.38. The van der Waals surface area contributed by atoms with Crippen LogP contribution in [0.15, 0.2) is 35.2 Å². The zero-order chi connectivity index (χ0) is 20.7. The molecule has 1 aliphatic heterocycles. The fraction of sp³-hybridized carbons (Fsp3) is 0.542. The Hall–Kier alpha value is -1.66. The minimum Gasteiger partial charge on any atom is -0.351 e. The Morgan fingerprint density at radius 3 is 2.40 bits per heavy atom. The van der Waals surface area contributed by atoms with Crippen molar-refractivity contribution in [1.29, 1.82) is 0 Å². The van der Waals surface area contributed by atoms with Crippen molar-refractivity contribution in [2.75, 3.05) is 6.54 Å². The highest BCUT2D eigenvalue weighted by Gasteiger charge is 2.51. The van der Waals surface area contributed by atoms with Crippen molar-refractivity contribution in [3.8, 4) is 0 Å². The van der Waals surface area contributed by atoms with Crippen LogP contribution in [0.5, 0.6) is 0 Å². The highest BCUT2D eigenvalue weighted by molar-refractivity contribution is 8.19. The van der Waals surface area contributed by atoms with Crippen molar-refractivity contribution >= 4 is 46.2 Å². The maximum atomic E-state index is 12.7. The molecule has 4 bridgehead atoms. The summed E-state index contributed by atoms with van der Waals surface area (Å²) in [4.78, 5) is 28.2. The number of hydrogen-bond acceptors (Lipinski definition) is 4. The molecule has 6 rings (SSSR count). The van der Waals surface area contributed by atoms with E-state index in [2.05, 4.69) is 5.32 Å². The molecule has 1 N–H and O–H groups in total. The summed E-state index contributed by atoms with van der Waals surface area (Å²) in [7, 11) is 0. The minimum atomic E-state index is -0.0383. The van der Waals surface area contributed by atoms with E-state index in [1.807, 2.05) is 36.4 Å². The van der Waals surface area contributed by atoms with Crippen LogP contribution in [0, 0.1) is 17.8 Å². The molecule has 30 heavy (non-hydrogen) atoms. The molecule has 4 nitrogen and oxygen atoms in total. The number of carbonyl (C=O) groups is 2. The summed E-state index contributed by atoms with van der Waals surface area (Å²) in [6, 6.07) is 9.90. The smallest absolute Gasteiger partial charge is 0.291 e. The lowest BCUT2D eigenvalue weighted by molar-refractivity contribution is -0.127. The molecule has 6 heteroatoms. The first kappa shape index (κ1) is 20.3. The quantitative estimate of drug-likeness (QED) is 0.476. The predicted octanol–water partition coefficient (Wildman–Crippen LogP) is 5.39. The molecule has 0 unspecified atom stereocenters. The van der Waals surface area contributed by atoms with Crippen molar-refractivity contribution in [3.63, 3.8) is 0 Å². The second-order valence-corrected chi connectivity index (χ2v) is 11.0. The average Bonchev–Trinajstić information content (AvgIpc) is 2.94. The number of nitrogens with zero attached hydrogens (tertiary/aromatic N) is 1. The van der Waals surface area contributed by atoms with Gasteiger partial charge in [0, 0.05) is 18.5 Å². The average molecular weight is 441 g/mol. The van der Waals surface area contributed by atoms with Gasteiger partial charge in [-0.3, -0.25) is 14.5 Å². The van der Waals surface area contributed by atoms with Crippen LogP contribution in [0.25, 0.3) is 6.08 Å². The van der Waals surface area contributed by atoms with E-state index in [1.54, 1.807) is 4.90 Å². The van der Waals surface area contributed by atoms with Crippen LogP contribution in [0.3, 0.4) is 0 Å². The summed E-state index contributed by atoms with van der Waals surface area (Å²) in [5.74, 6) is 2.61. The molecule has 1 heterocycles. The van der Waals surface area contributed by atoms with Crippen molar-refractivity contribution in [2.45, 2.75) is 56.9 Å². The van der Waals surface area contributed by atoms with Crippen LogP contribution in [0.1, 0.15) is 56.9 Å². The summed E-state index contributed by atoms with van der Waals surface area (Å²) in [6.07, 6.45) is 10.7. The lowest BCUT2D eigenvalue weighted by Crippen LogP contribution is -2.59. The first-order valence-corrected chi connectivity index (χ1v) is 12.3. The molecule has 5 fully saturated rings. The fourth-order valence-electron chi connectivity index (χ4n) is 6.41. The number of thiocarbonyl (C=S) groups is 1. The Morgan fingerprint density at radius 2 is 1.77 bits per heavy atom. The number of carbonyl (C=O) groups excluding carboxylic acids is 2. The Kier molecular flexibility index (Phi) is 5.48. The normalized spacial score (nSPS) is 33.5. The van der Waals surface area contributed by atoms with Gasteiger partial charge in [-0.2, -0.15) is 0 Å². The van der Waals surface area contributed by atoms with E-state index in [1.165, 1.54) is 50.3 Å². The molecule has 1 aromatic rings. The third kappa shape index (κ3) is 4.09. The number of thioether (sulfide) groups is 1. The van der Waals surface area contributed by atoms with Crippen molar-refractivity contribution < 1.29 is 9.59 Å². The molecular formula is C24H28N2O2S2. The molecule has 158 valence electrons. The summed E-state index contributed by atoms with van der Waals surface area (Å²) in [6.45, 7) is 0.505. The van der Waals surface area contributed by atoms with Gasteiger partial charge >= 0.3 is 0 Å². The lowest BCUT2D eigenvalue weighted by Gasteiger charge is -2.56. The van der Waals surface area contributed by atoms with Crippen LogP contribution >= 0.6 is 24.0 Å². The zero-order valence-electron chi connectivity index (χ0n) is 17.1. The molecule has 1 aromatic carbocycles. The highest BCUT2D eigenvalue weighted by atomic mass is 32.2. The molecule has 5 aliphatic rings. The van der Waals surface area contributed by atoms with Gasteiger partial charge in [-0.15, -0.1) is 0 Å². The highest BCUT2D eigenvalue weighted by Crippen LogP contribution is 2.55. The van der Waals surface area contributed by atoms with E-state index in [9.17, 15) is 9.59 Å². The SMILES string of the molecule is O=C(CCCN1C(=O)SC(=Cc2ccccc2)C1=S)NC12CC3CC(CC(C3)C1)C2. The Labute approximate surface area is 187 Å². The lowest BCUT2D eigenvalue weighted by atomic mass is 9.53. The van der Waals surface area contributed by atoms with Gasteiger partial charge in [0.1, 0.15) is 4.99 Å². The van der Waals surface area contributed by atoms with Gasteiger partial charge in [0.15, 0.2) is 0 Å². The number of hydrogen-bond donors (Lipinski definition) is 1. The molecular weight excluding hydrogens is 412 g/mol. The fourth-order valence-corrected chi connectivity index (χ4v) is 7.70. The maximum absolute atomic E-state index is 12.7. The van der Waals surface area contributed by atoms with Crippen molar-refractivity contribution in [3.05, 3.63) is 40.8 Å². The van der Waals surface area contributed by atoms with E-state index in [0.717, 1.165) is 28.2 Å². The third-order valence-corrected chi connectivity index (χ3v) is 8.69. The van der Waals surface area contributed by atoms with E-state index in [4.69, 9.17) is 12.2 Å². The third-order valence-electron chi connectivity index (χ3n) is 7.20. The van der Waals surface area contributed by atoms with Crippen LogP contribution < -0.4 is 5.32 Å². The van der Waals surface area contributed by atoms with E-state index >= 15 is 0 Å². The van der Waals surface area contributed by atoms with Gasteiger partial charge in [0.25, 0.3) is 5.24 Å². The molecule has 0 atom stereocenters. The van der Waals surface area contributed by atoms with E-state index in [0.29, 0.717) is 24.4 Å². The standard InChI is InChI=1S/C24H28N2O2S2/c27-21(25-24-13-17-9-18(14-24)11-19(10-17)15-24)7-4-8-26-22(29)20(30-23(26)28)12-16-5-2-1-3-6-16/h1-3,5-6,12,17-19H,4,7-11,13-15H2,(H,25,27). The van der Waals surface area contributed by atoms with Crippen LogP contribution in [-0.4, -0.2) is 33.1 Å². The van der Waals surface area contributed by atoms with Crippen LogP contribution in [0.2, 0.25) is 0 Å². The van der Waals surface area contributed by atoms with Gasteiger partial charge in [-0.05, 0) is 86.1 Å². The molecule has 2 amide bonds. The second kappa shape index (κ2) is 8.12. The van der Waals surface area contributed by atoms with E-state index in [-0.39, 0.29) is 16.7 Å². The number of amides is 2. The topological polar surface area (TPSA) is 49.4 Å². The van der Waals surface area contributed by atoms with Gasteiger partial charge in [0.05, 0.1) is 4.91 Å².